The molecular formula is C10H10F3NO4. The zero-order valence-corrected chi connectivity index (χ0v) is 9.36. The molecule has 5 nitrogen and oxygen atoms in total. The van der Waals surface area contributed by atoms with Gasteiger partial charge in [-0.3, -0.25) is 10.1 Å². The zero-order valence-electron chi connectivity index (χ0n) is 9.36. The molecular weight excluding hydrogens is 255 g/mol. The second-order valence-electron chi connectivity index (χ2n) is 3.32. The van der Waals surface area contributed by atoms with Gasteiger partial charge in [-0.1, -0.05) is 6.92 Å². The number of alkyl halides is 3. The van der Waals surface area contributed by atoms with Crippen LogP contribution in [-0.2, 0) is 0 Å². The van der Waals surface area contributed by atoms with Crippen LogP contribution in [0.4, 0.5) is 18.9 Å². The summed E-state index contributed by atoms with van der Waals surface area (Å²) in [5, 5.41) is 10.6. The number of benzene rings is 1. The second kappa shape index (κ2) is 5.56. The fourth-order valence-electron chi connectivity index (χ4n) is 1.16. The molecule has 100 valence electrons. The van der Waals surface area contributed by atoms with Crippen LogP contribution in [0.3, 0.4) is 0 Å². The molecule has 8 heteroatoms. The number of nitrogens with zero attached hydrogens (tertiary/aromatic N) is 1. The molecule has 0 bridgehead atoms. The Morgan fingerprint density at radius 1 is 1.28 bits per heavy atom. The maximum atomic E-state index is 12.0. The van der Waals surface area contributed by atoms with Crippen molar-refractivity contribution in [3.05, 3.63) is 28.3 Å². The van der Waals surface area contributed by atoms with Gasteiger partial charge in [0.2, 0.25) is 0 Å². The minimum atomic E-state index is -4.91. The van der Waals surface area contributed by atoms with Crippen molar-refractivity contribution in [1.82, 2.24) is 0 Å². The fourth-order valence-corrected chi connectivity index (χ4v) is 1.16. The predicted molar refractivity (Wildman–Crippen MR) is 55.6 cm³/mol. The second-order valence-corrected chi connectivity index (χ2v) is 3.32. The number of rotatable bonds is 5. The molecule has 0 N–H and O–H groups in total. The molecule has 1 aromatic carbocycles. The molecule has 0 aliphatic heterocycles. The lowest BCUT2D eigenvalue weighted by Gasteiger charge is -2.10. The van der Waals surface area contributed by atoms with Crippen molar-refractivity contribution in [2.45, 2.75) is 19.7 Å². The van der Waals surface area contributed by atoms with E-state index in [9.17, 15) is 23.3 Å². The van der Waals surface area contributed by atoms with E-state index in [4.69, 9.17) is 4.74 Å². The molecule has 0 saturated carbocycles. The van der Waals surface area contributed by atoms with E-state index in [1.807, 2.05) is 0 Å². The Labute approximate surface area is 100 Å². The van der Waals surface area contributed by atoms with Crippen LogP contribution in [0.5, 0.6) is 11.5 Å². The number of non-ortho nitro benzene ring substituents is 1. The molecule has 0 spiro atoms. The third kappa shape index (κ3) is 4.48. The molecule has 0 heterocycles. The Bertz CT molecular complexity index is 434. The topological polar surface area (TPSA) is 61.6 Å². The Hall–Kier alpha value is -1.99. The van der Waals surface area contributed by atoms with E-state index in [-0.39, 0.29) is 12.4 Å². The molecule has 18 heavy (non-hydrogen) atoms. The van der Waals surface area contributed by atoms with Crippen LogP contribution in [0, 0.1) is 10.1 Å². The Morgan fingerprint density at radius 3 is 2.39 bits per heavy atom. The molecule has 1 rings (SSSR count). The first-order valence-electron chi connectivity index (χ1n) is 5.00. The highest BCUT2D eigenvalue weighted by Gasteiger charge is 2.32. The molecule has 0 fully saturated rings. The van der Waals surface area contributed by atoms with E-state index >= 15 is 0 Å². The van der Waals surface area contributed by atoms with Crippen molar-refractivity contribution >= 4 is 5.69 Å². The maximum absolute atomic E-state index is 12.0. The van der Waals surface area contributed by atoms with E-state index < -0.39 is 22.7 Å². The van der Waals surface area contributed by atoms with Crippen LogP contribution in [-0.4, -0.2) is 17.9 Å². The molecule has 0 aromatic heterocycles. The summed E-state index contributed by atoms with van der Waals surface area (Å²) in [6.45, 7) is 2.04. The summed E-state index contributed by atoms with van der Waals surface area (Å²) in [4.78, 5) is 9.74. The van der Waals surface area contributed by atoms with Crippen molar-refractivity contribution in [1.29, 1.82) is 0 Å². The molecule has 0 unspecified atom stereocenters. The highest BCUT2D eigenvalue weighted by atomic mass is 19.4. The summed E-state index contributed by atoms with van der Waals surface area (Å²) in [5.41, 5.74) is -0.525. The van der Waals surface area contributed by atoms with Crippen LogP contribution < -0.4 is 9.47 Å². The van der Waals surface area contributed by atoms with Crippen LogP contribution in [0.15, 0.2) is 18.2 Å². The number of hydrogen-bond acceptors (Lipinski definition) is 4. The van der Waals surface area contributed by atoms with Gasteiger partial charge < -0.3 is 9.47 Å². The van der Waals surface area contributed by atoms with E-state index in [2.05, 4.69) is 4.74 Å². The Balaban J connectivity index is 3.02. The lowest BCUT2D eigenvalue weighted by molar-refractivity contribution is -0.385. The third-order valence-electron chi connectivity index (χ3n) is 1.78. The molecule has 0 radical (unpaired) electrons. The van der Waals surface area contributed by atoms with Crippen LogP contribution in [0.2, 0.25) is 0 Å². The van der Waals surface area contributed by atoms with Gasteiger partial charge in [-0.05, 0) is 6.42 Å². The number of nitro benzene ring substituents is 1. The van der Waals surface area contributed by atoms with Crippen molar-refractivity contribution in [2.75, 3.05) is 6.61 Å². The van der Waals surface area contributed by atoms with Gasteiger partial charge in [0.1, 0.15) is 11.5 Å². The number of ether oxygens (including phenoxy) is 2. The largest absolute Gasteiger partial charge is 0.573 e. The summed E-state index contributed by atoms with van der Waals surface area (Å²) in [6, 6.07) is 2.68. The first-order chi connectivity index (χ1) is 8.31. The SMILES string of the molecule is CCCOc1cc(OC(F)(F)F)cc([N+](=O)[O-])c1. The number of hydrogen-bond donors (Lipinski definition) is 0. The standard InChI is InChI=1S/C10H10F3NO4/c1-2-3-17-8-4-7(14(15)16)5-9(6-8)18-10(11,12)13/h4-6H,2-3H2,1H3. The van der Waals surface area contributed by atoms with E-state index in [0.717, 1.165) is 12.1 Å². The summed E-state index contributed by atoms with van der Waals surface area (Å²) in [5.74, 6) is -0.715. The average Bonchev–Trinajstić information content (AvgIpc) is 2.23. The molecule has 0 amide bonds. The molecule has 0 saturated heterocycles. The van der Waals surface area contributed by atoms with E-state index in [1.165, 1.54) is 0 Å². The summed E-state index contributed by atoms with van der Waals surface area (Å²) in [6.07, 6.45) is -4.28. The van der Waals surface area contributed by atoms with Gasteiger partial charge in [0.15, 0.2) is 0 Å². The van der Waals surface area contributed by atoms with Crippen LogP contribution >= 0.6 is 0 Å². The number of halogens is 3. The van der Waals surface area contributed by atoms with Crippen molar-refractivity contribution in [3.63, 3.8) is 0 Å². The molecule has 0 aliphatic rings. The Morgan fingerprint density at radius 2 is 1.89 bits per heavy atom. The Kier molecular flexibility index (Phi) is 4.35. The lowest BCUT2D eigenvalue weighted by atomic mass is 10.3. The van der Waals surface area contributed by atoms with E-state index in [1.54, 1.807) is 6.92 Å². The molecule has 1 aromatic rings. The summed E-state index contributed by atoms with van der Waals surface area (Å²) >= 11 is 0. The van der Waals surface area contributed by atoms with Crippen LogP contribution in [0.1, 0.15) is 13.3 Å². The van der Waals surface area contributed by atoms with E-state index in [0.29, 0.717) is 12.5 Å². The maximum Gasteiger partial charge on any atom is 0.573 e. The van der Waals surface area contributed by atoms with Gasteiger partial charge >= 0.3 is 6.36 Å². The van der Waals surface area contributed by atoms with Gasteiger partial charge in [0, 0.05) is 6.07 Å². The smallest absolute Gasteiger partial charge is 0.493 e. The lowest BCUT2D eigenvalue weighted by Crippen LogP contribution is -2.17. The minimum Gasteiger partial charge on any atom is -0.493 e. The quantitative estimate of drug-likeness (QED) is 0.605. The van der Waals surface area contributed by atoms with Crippen LogP contribution in [0.25, 0.3) is 0 Å². The fraction of sp³-hybridized carbons (Fsp3) is 0.400. The number of nitro groups is 1. The first kappa shape index (κ1) is 14.1. The zero-order chi connectivity index (χ0) is 13.8. The predicted octanol–water partition coefficient (Wildman–Crippen LogP) is 3.28. The molecule has 0 atom stereocenters. The monoisotopic (exact) mass is 265 g/mol. The average molecular weight is 265 g/mol. The highest BCUT2D eigenvalue weighted by Crippen LogP contribution is 2.31. The normalized spacial score (nSPS) is 11.1. The van der Waals surface area contributed by atoms with Gasteiger partial charge in [0.05, 0.1) is 23.7 Å². The molecule has 0 aliphatic carbocycles. The third-order valence-corrected chi connectivity index (χ3v) is 1.78. The van der Waals surface area contributed by atoms with Gasteiger partial charge in [-0.25, -0.2) is 0 Å². The summed E-state index contributed by atoms with van der Waals surface area (Å²) in [7, 11) is 0. The van der Waals surface area contributed by atoms with Gasteiger partial charge in [0.25, 0.3) is 5.69 Å². The summed E-state index contributed by atoms with van der Waals surface area (Å²) < 4.78 is 44.8. The highest BCUT2D eigenvalue weighted by molar-refractivity contribution is 5.46. The first-order valence-corrected chi connectivity index (χ1v) is 5.00. The van der Waals surface area contributed by atoms with Crippen molar-refractivity contribution in [3.8, 4) is 11.5 Å². The van der Waals surface area contributed by atoms with Crippen molar-refractivity contribution < 1.29 is 27.6 Å². The van der Waals surface area contributed by atoms with Gasteiger partial charge in [-0.15, -0.1) is 13.2 Å². The van der Waals surface area contributed by atoms with Gasteiger partial charge in [-0.2, -0.15) is 0 Å². The minimum absolute atomic E-state index is 0.0368. The van der Waals surface area contributed by atoms with Crippen molar-refractivity contribution in [2.24, 2.45) is 0 Å².